The molecule has 0 saturated carbocycles. The van der Waals surface area contributed by atoms with Crippen LogP contribution in [0.1, 0.15) is 11.3 Å². The molecule has 1 aromatic carbocycles. The van der Waals surface area contributed by atoms with Crippen LogP contribution in [0.15, 0.2) is 33.0 Å². The third-order valence-electron chi connectivity index (χ3n) is 2.35. The van der Waals surface area contributed by atoms with Crippen molar-refractivity contribution in [2.24, 2.45) is 0 Å². The van der Waals surface area contributed by atoms with E-state index in [1.807, 2.05) is 0 Å². The number of nitrogens with two attached hydrogens (primary N) is 1. The second-order valence-corrected chi connectivity index (χ2v) is 4.96. The Morgan fingerprint density at radius 3 is 2.72 bits per heavy atom. The van der Waals surface area contributed by atoms with E-state index >= 15 is 0 Å². The fourth-order valence-electron chi connectivity index (χ4n) is 1.46. The summed E-state index contributed by atoms with van der Waals surface area (Å²) >= 11 is 1.21. The summed E-state index contributed by atoms with van der Waals surface area (Å²) in [6.07, 6.45) is 0. The van der Waals surface area contributed by atoms with Gasteiger partial charge >= 0.3 is 0 Å². The van der Waals surface area contributed by atoms with Gasteiger partial charge in [-0.1, -0.05) is 0 Å². The van der Waals surface area contributed by atoms with Crippen LogP contribution in [-0.4, -0.2) is 9.97 Å². The second-order valence-electron chi connectivity index (χ2n) is 3.93. The van der Waals surface area contributed by atoms with Gasteiger partial charge in [-0.25, -0.2) is 9.37 Å². The predicted molar refractivity (Wildman–Crippen MR) is 69.3 cm³/mol. The Labute approximate surface area is 107 Å². The van der Waals surface area contributed by atoms with Crippen molar-refractivity contribution in [2.75, 3.05) is 5.73 Å². The van der Waals surface area contributed by atoms with E-state index in [1.54, 1.807) is 19.9 Å². The van der Waals surface area contributed by atoms with Gasteiger partial charge in [0.1, 0.15) is 5.82 Å². The molecular formula is C12H12FN3OS. The molecule has 0 aliphatic rings. The summed E-state index contributed by atoms with van der Waals surface area (Å²) in [5.41, 5.74) is 6.97. The van der Waals surface area contributed by atoms with Crippen LogP contribution >= 0.6 is 11.8 Å². The number of halogens is 1. The van der Waals surface area contributed by atoms with Gasteiger partial charge in [0.05, 0.1) is 0 Å². The molecule has 0 spiro atoms. The van der Waals surface area contributed by atoms with Gasteiger partial charge in [-0.15, -0.1) is 0 Å². The fraction of sp³-hybridized carbons (Fsp3) is 0.167. The van der Waals surface area contributed by atoms with Crippen LogP contribution in [0.3, 0.4) is 0 Å². The maximum Gasteiger partial charge on any atom is 0.251 e. The third kappa shape index (κ3) is 2.70. The third-order valence-corrected chi connectivity index (χ3v) is 3.31. The molecule has 6 heteroatoms. The molecule has 0 unspecified atom stereocenters. The lowest BCUT2D eigenvalue weighted by atomic mass is 10.2. The molecule has 0 atom stereocenters. The first-order valence-corrected chi connectivity index (χ1v) is 6.09. The summed E-state index contributed by atoms with van der Waals surface area (Å²) in [7, 11) is 0. The molecule has 0 saturated heterocycles. The van der Waals surface area contributed by atoms with Crippen molar-refractivity contribution in [3.05, 3.63) is 45.6 Å². The monoisotopic (exact) mass is 265 g/mol. The van der Waals surface area contributed by atoms with E-state index in [4.69, 9.17) is 5.73 Å². The first kappa shape index (κ1) is 12.6. The van der Waals surface area contributed by atoms with Gasteiger partial charge in [0.25, 0.3) is 5.56 Å². The number of nitrogens with one attached hydrogen (secondary N) is 1. The number of benzene rings is 1. The zero-order valence-electron chi connectivity index (χ0n) is 9.95. The van der Waals surface area contributed by atoms with Crippen LogP contribution in [0, 0.1) is 19.7 Å². The van der Waals surface area contributed by atoms with E-state index in [-0.39, 0.29) is 11.4 Å². The van der Waals surface area contributed by atoms with Crippen LogP contribution in [-0.2, 0) is 0 Å². The number of hydrogen-bond donors (Lipinski definition) is 2. The SMILES string of the molecule is Cc1cc(=O)[nH]c(Sc2cc(C)c(F)cc2N)n1. The molecule has 0 radical (unpaired) electrons. The van der Waals surface area contributed by atoms with Gasteiger partial charge in [-0.05, 0) is 43.3 Å². The smallest absolute Gasteiger partial charge is 0.251 e. The molecule has 94 valence electrons. The Bertz CT molecular complexity index is 654. The Morgan fingerprint density at radius 1 is 1.33 bits per heavy atom. The van der Waals surface area contributed by atoms with Gasteiger partial charge in [0.15, 0.2) is 5.16 Å². The molecule has 4 nitrogen and oxygen atoms in total. The first-order valence-electron chi connectivity index (χ1n) is 5.27. The van der Waals surface area contributed by atoms with Gasteiger partial charge in [-0.2, -0.15) is 0 Å². The zero-order valence-corrected chi connectivity index (χ0v) is 10.8. The number of aromatic nitrogens is 2. The van der Waals surface area contributed by atoms with E-state index in [0.717, 1.165) is 0 Å². The minimum Gasteiger partial charge on any atom is -0.398 e. The second kappa shape index (κ2) is 4.81. The number of nitrogen functional groups attached to an aromatic ring is 1. The summed E-state index contributed by atoms with van der Waals surface area (Å²) < 4.78 is 13.3. The molecule has 0 bridgehead atoms. The number of anilines is 1. The number of aromatic amines is 1. The van der Waals surface area contributed by atoms with Gasteiger partial charge in [0, 0.05) is 22.3 Å². The topological polar surface area (TPSA) is 71.8 Å². The number of aryl methyl sites for hydroxylation is 2. The Balaban J connectivity index is 2.39. The van der Waals surface area contributed by atoms with E-state index in [0.29, 0.717) is 27.0 Å². The minimum atomic E-state index is -0.345. The Morgan fingerprint density at radius 2 is 2.06 bits per heavy atom. The highest BCUT2D eigenvalue weighted by atomic mass is 32.2. The normalized spacial score (nSPS) is 10.6. The lowest BCUT2D eigenvalue weighted by molar-refractivity contribution is 0.618. The highest BCUT2D eigenvalue weighted by molar-refractivity contribution is 7.99. The number of rotatable bonds is 2. The molecule has 0 aliphatic heterocycles. The average Bonchev–Trinajstić information content (AvgIpc) is 2.24. The summed E-state index contributed by atoms with van der Waals surface area (Å²) in [6.45, 7) is 3.39. The molecular weight excluding hydrogens is 253 g/mol. The maximum atomic E-state index is 13.3. The molecule has 0 amide bonds. The molecule has 3 N–H and O–H groups in total. The van der Waals surface area contributed by atoms with E-state index < -0.39 is 0 Å². The van der Waals surface area contributed by atoms with Crippen LogP contribution < -0.4 is 11.3 Å². The van der Waals surface area contributed by atoms with Crippen LogP contribution in [0.2, 0.25) is 0 Å². The first-order chi connectivity index (χ1) is 8.45. The lowest BCUT2D eigenvalue weighted by Gasteiger charge is -2.07. The summed E-state index contributed by atoms with van der Waals surface area (Å²) in [5, 5.41) is 0.442. The largest absolute Gasteiger partial charge is 0.398 e. The van der Waals surface area contributed by atoms with E-state index in [1.165, 1.54) is 23.9 Å². The zero-order chi connectivity index (χ0) is 13.3. The quantitative estimate of drug-likeness (QED) is 0.645. The van der Waals surface area contributed by atoms with Gasteiger partial charge in [0.2, 0.25) is 0 Å². The minimum absolute atomic E-state index is 0.220. The van der Waals surface area contributed by atoms with Gasteiger partial charge < -0.3 is 10.7 Å². The van der Waals surface area contributed by atoms with Crippen molar-refractivity contribution in [3.63, 3.8) is 0 Å². The summed E-state index contributed by atoms with van der Waals surface area (Å²) in [6, 6.07) is 4.31. The van der Waals surface area contributed by atoms with Crippen LogP contribution in [0.4, 0.5) is 10.1 Å². The van der Waals surface area contributed by atoms with Crippen molar-refractivity contribution < 1.29 is 4.39 Å². The van der Waals surface area contributed by atoms with Crippen molar-refractivity contribution in [1.29, 1.82) is 0 Å². The molecule has 2 rings (SSSR count). The highest BCUT2D eigenvalue weighted by Gasteiger charge is 2.08. The Kier molecular flexibility index (Phi) is 3.38. The molecule has 18 heavy (non-hydrogen) atoms. The van der Waals surface area contributed by atoms with Crippen molar-refractivity contribution in [3.8, 4) is 0 Å². The molecule has 2 aromatic rings. The Hall–Kier alpha value is -1.82. The predicted octanol–water partition coefficient (Wildman–Crippen LogP) is 2.26. The van der Waals surface area contributed by atoms with Crippen LogP contribution in [0.5, 0.6) is 0 Å². The number of hydrogen-bond acceptors (Lipinski definition) is 4. The van der Waals surface area contributed by atoms with Gasteiger partial charge in [-0.3, -0.25) is 4.79 Å². The average molecular weight is 265 g/mol. The van der Waals surface area contributed by atoms with Crippen molar-refractivity contribution >= 4 is 17.4 Å². The standard InChI is InChI=1S/C12H12FN3OS/c1-6-3-10(9(14)5-8(6)13)18-12-15-7(2)4-11(17)16-12/h3-5H,14H2,1-2H3,(H,15,16,17). The molecule has 1 heterocycles. The fourth-order valence-corrected chi connectivity index (χ4v) is 2.42. The maximum absolute atomic E-state index is 13.3. The van der Waals surface area contributed by atoms with Crippen LogP contribution in [0.25, 0.3) is 0 Å². The lowest BCUT2D eigenvalue weighted by Crippen LogP contribution is -2.08. The molecule has 0 fully saturated rings. The number of nitrogens with zero attached hydrogens (tertiary/aromatic N) is 1. The molecule has 0 aliphatic carbocycles. The summed E-state index contributed by atoms with van der Waals surface area (Å²) in [4.78, 5) is 18.8. The summed E-state index contributed by atoms with van der Waals surface area (Å²) in [5.74, 6) is -0.345. The van der Waals surface area contributed by atoms with E-state index in [2.05, 4.69) is 9.97 Å². The van der Waals surface area contributed by atoms with E-state index in [9.17, 15) is 9.18 Å². The van der Waals surface area contributed by atoms with Crippen molar-refractivity contribution in [2.45, 2.75) is 23.9 Å². The number of H-pyrrole nitrogens is 1. The molecule has 1 aromatic heterocycles. The van der Waals surface area contributed by atoms with Crippen molar-refractivity contribution in [1.82, 2.24) is 9.97 Å². The highest BCUT2D eigenvalue weighted by Crippen LogP contribution is 2.31.